The van der Waals surface area contributed by atoms with E-state index in [-0.39, 0.29) is 0 Å². The maximum atomic E-state index is 5.19. The van der Waals surface area contributed by atoms with Crippen molar-refractivity contribution in [2.75, 3.05) is 0 Å². The molecule has 0 fully saturated rings. The minimum absolute atomic E-state index is 0.599. The van der Waals surface area contributed by atoms with Crippen LogP contribution in [0.1, 0.15) is 0 Å². The molecule has 51 heavy (non-hydrogen) atoms. The molecule has 7 aromatic carbocycles. The van der Waals surface area contributed by atoms with E-state index in [2.05, 4.69) is 155 Å². The molecule has 0 amide bonds. The topological polar surface area (TPSA) is 48.5 Å². The SMILES string of the molecule is c1ccc(-c2nc(-c3ccc4sc5cc(-n6c7ccccc7c7ccccc76)ccc5c4c3)nc(-n3c4ccccc4c4ccccc43)n2)cc1. The van der Waals surface area contributed by atoms with Crippen molar-refractivity contribution in [2.45, 2.75) is 0 Å². The van der Waals surface area contributed by atoms with Crippen LogP contribution in [-0.2, 0) is 0 Å². The second-order valence-electron chi connectivity index (χ2n) is 12.9. The monoisotopic (exact) mass is 669 g/mol. The summed E-state index contributed by atoms with van der Waals surface area (Å²) >= 11 is 1.82. The van der Waals surface area contributed by atoms with Crippen molar-refractivity contribution < 1.29 is 0 Å². The maximum Gasteiger partial charge on any atom is 0.238 e. The van der Waals surface area contributed by atoms with Crippen molar-refractivity contribution >= 4 is 75.1 Å². The van der Waals surface area contributed by atoms with Crippen LogP contribution in [0.25, 0.3) is 98.2 Å². The number of hydrogen-bond acceptors (Lipinski definition) is 4. The van der Waals surface area contributed by atoms with Crippen LogP contribution >= 0.6 is 11.3 Å². The Bertz CT molecular complexity index is 3040. The van der Waals surface area contributed by atoms with E-state index in [1.165, 1.54) is 52.8 Å². The zero-order valence-electron chi connectivity index (χ0n) is 27.2. The molecule has 0 radical (unpaired) electrons. The lowest BCUT2D eigenvalue weighted by molar-refractivity contribution is 0.954. The van der Waals surface area contributed by atoms with Crippen molar-refractivity contribution in [1.82, 2.24) is 24.1 Å². The second-order valence-corrected chi connectivity index (χ2v) is 14.0. The highest BCUT2D eigenvalue weighted by molar-refractivity contribution is 7.25. The third kappa shape index (κ3) is 4.30. The first kappa shape index (κ1) is 28.2. The first-order valence-corrected chi connectivity index (χ1v) is 17.9. The molecule has 0 aliphatic carbocycles. The van der Waals surface area contributed by atoms with E-state index >= 15 is 0 Å². The Balaban J connectivity index is 1.10. The molecule has 0 aliphatic heterocycles. The highest BCUT2D eigenvalue weighted by atomic mass is 32.1. The van der Waals surface area contributed by atoms with Crippen molar-refractivity contribution in [3.8, 4) is 34.4 Å². The van der Waals surface area contributed by atoms with Gasteiger partial charge in [-0.3, -0.25) is 4.57 Å². The normalized spacial score (nSPS) is 11.9. The van der Waals surface area contributed by atoms with E-state index < -0.39 is 0 Å². The van der Waals surface area contributed by atoms with Crippen LogP contribution in [0.15, 0.2) is 164 Å². The smallest absolute Gasteiger partial charge is 0.238 e. The van der Waals surface area contributed by atoms with Gasteiger partial charge < -0.3 is 4.57 Å². The zero-order chi connectivity index (χ0) is 33.5. The molecule has 0 atom stereocenters. The average molecular weight is 670 g/mol. The van der Waals surface area contributed by atoms with Crippen molar-refractivity contribution in [3.63, 3.8) is 0 Å². The number of benzene rings is 7. The lowest BCUT2D eigenvalue weighted by atomic mass is 10.1. The van der Waals surface area contributed by atoms with E-state index in [0.29, 0.717) is 17.6 Å². The van der Waals surface area contributed by atoms with Gasteiger partial charge in [-0.1, -0.05) is 109 Å². The summed E-state index contributed by atoms with van der Waals surface area (Å²) < 4.78 is 7.02. The minimum atomic E-state index is 0.599. The predicted octanol–water partition coefficient (Wildman–Crippen LogP) is 11.8. The van der Waals surface area contributed by atoms with E-state index in [0.717, 1.165) is 27.8 Å². The molecule has 5 nitrogen and oxygen atoms in total. The van der Waals surface area contributed by atoms with E-state index in [4.69, 9.17) is 15.0 Å². The van der Waals surface area contributed by atoms with Crippen LogP contribution in [0.5, 0.6) is 0 Å². The fourth-order valence-electron chi connectivity index (χ4n) is 7.69. The molecule has 0 saturated heterocycles. The molecule has 6 heteroatoms. The van der Waals surface area contributed by atoms with Gasteiger partial charge in [-0.25, -0.2) is 4.98 Å². The first-order valence-electron chi connectivity index (χ1n) is 17.0. The molecule has 0 bridgehead atoms. The van der Waals surface area contributed by atoms with Gasteiger partial charge >= 0.3 is 0 Å². The largest absolute Gasteiger partial charge is 0.309 e. The molecule has 0 saturated carbocycles. The second kappa shape index (κ2) is 10.9. The summed E-state index contributed by atoms with van der Waals surface area (Å²) in [5.41, 5.74) is 7.61. The maximum absolute atomic E-state index is 5.19. The number of para-hydroxylation sites is 4. The fraction of sp³-hybridized carbons (Fsp3) is 0. The summed E-state index contributed by atoms with van der Waals surface area (Å²) in [7, 11) is 0. The van der Waals surface area contributed by atoms with Crippen LogP contribution < -0.4 is 0 Å². The molecular formula is C45H27N5S. The molecule has 11 rings (SSSR count). The van der Waals surface area contributed by atoms with Gasteiger partial charge in [0, 0.05) is 58.5 Å². The summed E-state index contributed by atoms with van der Waals surface area (Å²) in [6.45, 7) is 0. The lowest BCUT2D eigenvalue weighted by Gasteiger charge is -2.11. The number of thiophene rings is 1. The van der Waals surface area contributed by atoms with Gasteiger partial charge in [-0.15, -0.1) is 11.3 Å². The van der Waals surface area contributed by atoms with Gasteiger partial charge in [-0.2, -0.15) is 9.97 Å². The molecule has 0 aliphatic rings. The van der Waals surface area contributed by atoms with Gasteiger partial charge in [0.05, 0.1) is 22.1 Å². The third-order valence-corrected chi connectivity index (χ3v) is 11.1. The van der Waals surface area contributed by atoms with Crippen LogP contribution in [0.2, 0.25) is 0 Å². The number of aromatic nitrogens is 5. The van der Waals surface area contributed by atoms with Crippen LogP contribution in [-0.4, -0.2) is 24.1 Å². The summed E-state index contributed by atoms with van der Waals surface area (Å²) in [4.78, 5) is 15.4. The highest BCUT2D eigenvalue weighted by Gasteiger charge is 2.19. The summed E-state index contributed by atoms with van der Waals surface area (Å²) in [6.07, 6.45) is 0. The molecule has 4 heterocycles. The van der Waals surface area contributed by atoms with Gasteiger partial charge in [0.1, 0.15) is 0 Å². The van der Waals surface area contributed by atoms with Gasteiger partial charge in [0.15, 0.2) is 11.6 Å². The summed E-state index contributed by atoms with van der Waals surface area (Å²) in [5.74, 6) is 1.88. The first-order chi connectivity index (χ1) is 25.3. The number of hydrogen-bond donors (Lipinski definition) is 0. The Morgan fingerprint density at radius 3 is 1.49 bits per heavy atom. The molecule has 0 unspecified atom stereocenters. The predicted molar refractivity (Wildman–Crippen MR) is 212 cm³/mol. The Morgan fingerprint density at radius 2 is 0.882 bits per heavy atom. The Kier molecular flexibility index (Phi) is 6.05. The molecule has 4 aromatic heterocycles. The summed E-state index contributed by atoms with van der Waals surface area (Å²) in [5, 5.41) is 7.29. The Hall–Kier alpha value is -6.63. The zero-order valence-corrected chi connectivity index (χ0v) is 28.0. The van der Waals surface area contributed by atoms with E-state index in [1.807, 2.05) is 29.5 Å². The standard InChI is InChI=1S/C45H27N5S/c1-2-12-28(13-3-1)43-46-44(48-45(47-43)50-39-20-10-6-16-33(39)34-17-7-11-21-40(34)50)29-22-25-41-36(26-29)35-24-23-30(27-42(35)51-41)49-37-18-8-4-14-31(37)32-15-5-9-19-38(32)49/h1-27H. The molecule has 0 N–H and O–H groups in total. The quantitative estimate of drug-likeness (QED) is 0.187. The minimum Gasteiger partial charge on any atom is -0.309 e. The van der Waals surface area contributed by atoms with E-state index in [9.17, 15) is 0 Å². The van der Waals surface area contributed by atoms with Gasteiger partial charge in [0.2, 0.25) is 5.95 Å². The van der Waals surface area contributed by atoms with Gasteiger partial charge in [0.25, 0.3) is 0 Å². The van der Waals surface area contributed by atoms with Crippen molar-refractivity contribution in [2.24, 2.45) is 0 Å². The average Bonchev–Trinajstić information content (AvgIpc) is 3.85. The van der Waals surface area contributed by atoms with Gasteiger partial charge in [-0.05, 0) is 54.6 Å². The van der Waals surface area contributed by atoms with Crippen LogP contribution in [0.4, 0.5) is 0 Å². The van der Waals surface area contributed by atoms with E-state index in [1.54, 1.807) is 0 Å². The Morgan fingerprint density at radius 1 is 0.353 bits per heavy atom. The summed E-state index contributed by atoms with van der Waals surface area (Å²) in [6, 6.07) is 57.8. The molecular weight excluding hydrogens is 643 g/mol. The number of fused-ring (bicyclic) bond motifs is 9. The Labute approximate surface area is 296 Å². The molecule has 11 aromatic rings. The number of nitrogens with zero attached hydrogens (tertiary/aromatic N) is 5. The van der Waals surface area contributed by atoms with Crippen LogP contribution in [0, 0.1) is 0 Å². The molecule has 238 valence electrons. The lowest BCUT2D eigenvalue weighted by Crippen LogP contribution is -2.06. The highest BCUT2D eigenvalue weighted by Crippen LogP contribution is 2.39. The van der Waals surface area contributed by atoms with Crippen LogP contribution in [0.3, 0.4) is 0 Å². The van der Waals surface area contributed by atoms with Crippen molar-refractivity contribution in [1.29, 1.82) is 0 Å². The molecule has 0 spiro atoms. The number of rotatable bonds is 4. The van der Waals surface area contributed by atoms with Crippen molar-refractivity contribution in [3.05, 3.63) is 164 Å². The third-order valence-electron chi connectivity index (χ3n) is 9.99. The fourth-order valence-corrected chi connectivity index (χ4v) is 8.81.